The van der Waals surface area contributed by atoms with E-state index >= 15 is 0 Å². The zero-order valence-corrected chi connectivity index (χ0v) is 8.66. The maximum atomic E-state index is 8.57. The first-order chi connectivity index (χ1) is 6.79. The standard InChI is InChI=1S/C11H10.CHClO/c1-9-5-4-7-10-6-2-3-8-11(9)10;2-1-3/h2-8H,1H3;1H. The molecule has 0 aliphatic heterocycles. The summed E-state index contributed by atoms with van der Waals surface area (Å²) in [6.07, 6.45) is 0. The summed E-state index contributed by atoms with van der Waals surface area (Å²) in [6, 6.07) is 14.8. The molecule has 2 rings (SSSR count). The minimum Gasteiger partial charge on any atom is -0.285 e. The van der Waals surface area contributed by atoms with E-state index < -0.39 is 0 Å². The number of carbonyl (C=O) groups is 1. The fraction of sp³-hybridized carbons (Fsp3) is 0.0833. The monoisotopic (exact) mass is 206 g/mol. The van der Waals surface area contributed by atoms with Gasteiger partial charge in [0.1, 0.15) is 0 Å². The third kappa shape index (κ3) is 2.57. The Morgan fingerprint density at radius 1 is 1.07 bits per heavy atom. The highest BCUT2D eigenvalue weighted by molar-refractivity contribution is 6.54. The van der Waals surface area contributed by atoms with E-state index in [1.165, 1.54) is 16.3 Å². The van der Waals surface area contributed by atoms with E-state index in [1.807, 2.05) is 0 Å². The van der Waals surface area contributed by atoms with Crippen molar-refractivity contribution in [2.45, 2.75) is 6.92 Å². The van der Waals surface area contributed by atoms with Crippen molar-refractivity contribution in [1.82, 2.24) is 0 Å². The molecule has 0 aliphatic carbocycles. The van der Waals surface area contributed by atoms with Crippen LogP contribution in [-0.4, -0.2) is 5.75 Å². The lowest BCUT2D eigenvalue weighted by molar-refractivity contribution is 0.569. The number of hydrogen-bond acceptors (Lipinski definition) is 1. The maximum absolute atomic E-state index is 8.57. The minimum atomic E-state index is 0.222. The summed E-state index contributed by atoms with van der Waals surface area (Å²) in [5, 5.41) is 2.68. The molecule has 0 aromatic heterocycles. The normalized spacial score (nSPS) is 9.00. The Kier molecular flexibility index (Phi) is 4.14. The van der Waals surface area contributed by atoms with Gasteiger partial charge in [-0.15, -0.1) is 0 Å². The first-order valence-electron chi connectivity index (χ1n) is 4.28. The lowest BCUT2D eigenvalue weighted by atomic mass is 10.1. The lowest BCUT2D eigenvalue weighted by Crippen LogP contribution is -1.75. The number of rotatable bonds is 0. The molecule has 72 valence electrons. The molecule has 0 heterocycles. The van der Waals surface area contributed by atoms with Crippen molar-refractivity contribution in [3.63, 3.8) is 0 Å². The third-order valence-corrected chi connectivity index (χ3v) is 2.01. The molecule has 0 radical (unpaired) electrons. The van der Waals surface area contributed by atoms with E-state index in [4.69, 9.17) is 4.79 Å². The fourth-order valence-electron chi connectivity index (χ4n) is 1.39. The number of fused-ring (bicyclic) bond motifs is 1. The number of benzene rings is 2. The zero-order chi connectivity index (χ0) is 10.4. The van der Waals surface area contributed by atoms with Crippen molar-refractivity contribution in [2.75, 3.05) is 0 Å². The van der Waals surface area contributed by atoms with E-state index in [1.54, 1.807) is 0 Å². The van der Waals surface area contributed by atoms with Gasteiger partial charge in [-0.3, -0.25) is 4.79 Å². The van der Waals surface area contributed by atoms with E-state index in [9.17, 15) is 0 Å². The van der Waals surface area contributed by atoms with Gasteiger partial charge in [-0.05, 0) is 34.9 Å². The smallest absolute Gasteiger partial charge is 0.208 e. The molecule has 0 saturated carbocycles. The van der Waals surface area contributed by atoms with Gasteiger partial charge in [0.15, 0.2) is 0 Å². The average molecular weight is 207 g/mol. The third-order valence-electron chi connectivity index (χ3n) is 2.01. The molecule has 0 bridgehead atoms. The highest BCUT2D eigenvalue weighted by Gasteiger charge is 1.91. The van der Waals surface area contributed by atoms with Gasteiger partial charge in [0.2, 0.25) is 5.75 Å². The van der Waals surface area contributed by atoms with Gasteiger partial charge < -0.3 is 0 Å². The topological polar surface area (TPSA) is 17.1 Å². The highest BCUT2D eigenvalue weighted by Crippen LogP contribution is 2.16. The Hall–Kier alpha value is -1.34. The fourth-order valence-corrected chi connectivity index (χ4v) is 1.39. The van der Waals surface area contributed by atoms with E-state index in [0.29, 0.717) is 0 Å². The summed E-state index contributed by atoms with van der Waals surface area (Å²) in [5.41, 5.74) is 1.35. The summed E-state index contributed by atoms with van der Waals surface area (Å²) < 4.78 is 0. The van der Waals surface area contributed by atoms with Crippen LogP contribution in [0.1, 0.15) is 5.56 Å². The number of halogens is 1. The number of aryl methyl sites for hydroxylation is 1. The predicted octanol–water partition coefficient (Wildman–Crippen LogP) is 3.56. The molecule has 1 nitrogen and oxygen atoms in total. The summed E-state index contributed by atoms with van der Waals surface area (Å²) >= 11 is 4.32. The van der Waals surface area contributed by atoms with Crippen LogP contribution in [-0.2, 0) is 4.79 Å². The molecular formula is C12H11ClO. The quantitative estimate of drug-likeness (QED) is 0.476. The van der Waals surface area contributed by atoms with Crippen molar-refractivity contribution in [1.29, 1.82) is 0 Å². The second-order valence-electron chi connectivity index (χ2n) is 2.89. The first kappa shape index (κ1) is 10.7. The number of carbonyl (C=O) groups excluding carboxylic acids is 1. The van der Waals surface area contributed by atoms with Crippen molar-refractivity contribution in [3.8, 4) is 0 Å². The van der Waals surface area contributed by atoms with Gasteiger partial charge in [0, 0.05) is 0 Å². The molecule has 0 amide bonds. The van der Waals surface area contributed by atoms with Gasteiger partial charge in [0.05, 0.1) is 0 Å². The summed E-state index contributed by atoms with van der Waals surface area (Å²) in [4.78, 5) is 8.57. The van der Waals surface area contributed by atoms with Crippen LogP contribution in [0.25, 0.3) is 10.8 Å². The molecule has 0 atom stereocenters. The van der Waals surface area contributed by atoms with E-state index in [0.717, 1.165) is 0 Å². The molecule has 2 heteroatoms. The van der Waals surface area contributed by atoms with Crippen molar-refractivity contribution in [2.24, 2.45) is 0 Å². The molecule has 0 fully saturated rings. The highest BCUT2D eigenvalue weighted by atomic mass is 35.5. The Morgan fingerprint density at radius 2 is 1.64 bits per heavy atom. The molecule has 0 saturated heterocycles. The second-order valence-corrected chi connectivity index (χ2v) is 3.06. The van der Waals surface area contributed by atoms with E-state index in [-0.39, 0.29) is 5.75 Å². The largest absolute Gasteiger partial charge is 0.285 e. The molecule has 0 spiro atoms. The van der Waals surface area contributed by atoms with Crippen molar-refractivity contribution < 1.29 is 4.79 Å². The second kappa shape index (κ2) is 5.40. The Morgan fingerprint density at radius 3 is 2.29 bits per heavy atom. The van der Waals surface area contributed by atoms with Crippen LogP contribution >= 0.6 is 11.6 Å². The van der Waals surface area contributed by atoms with Gasteiger partial charge in [-0.25, -0.2) is 0 Å². The summed E-state index contributed by atoms with van der Waals surface area (Å²) in [5.74, 6) is 0.222. The molecule has 2 aromatic rings. The molecule has 14 heavy (non-hydrogen) atoms. The Labute approximate surface area is 88.3 Å². The van der Waals surface area contributed by atoms with Crippen LogP contribution in [0.2, 0.25) is 0 Å². The van der Waals surface area contributed by atoms with Gasteiger partial charge in [-0.1, -0.05) is 42.5 Å². The van der Waals surface area contributed by atoms with Crippen LogP contribution in [0.4, 0.5) is 0 Å². The summed E-state index contributed by atoms with van der Waals surface area (Å²) in [7, 11) is 0. The molecular weight excluding hydrogens is 196 g/mol. The molecule has 2 aromatic carbocycles. The van der Waals surface area contributed by atoms with Gasteiger partial charge in [-0.2, -0.15) is 0 Å². The van der Waals surface area contributed by atoms with Crippen molar-refractivity contribution >= 4 is 28.1 Å². The van der Waals surface area contributed by atoms with Gasteiger partial charge in [0.25, 0.3) is 0 Å². The average Bonchev–Trinajstić information content (AvgIpc) is 2.20. The maximum Gasteiger partial charge on any atom is 0.208 e. The minimum absolute atomic E-state index is 0.222. The van der Waals surface area contributed by atoms with Crippen LogP contribution in [0.3, 0.4) is 0 Å². The Balaban J connectivity index is 0.000000293. The van der Waals surface area contributed by atoms with E-state index in [2.05, 4.69) is 61.0 Å². The predicted molar refractivity (Wildman–Crippen MR) is 61.3 cm³/mol. The van der Waals surface area contributed by atoms with Gasteiger partial charge >= 0.3 is 0 Å². The molecule has 0 aliphatic rings. The Bertz CT molecular complexity index is 418. The van der Waals surface area contributed by atoms with Crippen LogP contribution in [0.15, 0.2) is 42.5 Å². The van der Waals surface area contributed by atoms with Crippen LogP contribution < -0.4 is 0 Å². The lowest BCUT2D eigenvalue weighted by Gasteiger charge is -1.98. The summed E-state index contributed by atoms with van der Waals surface area (Å²) in [6.45, 7) is 2.14. The first-order valence-corrected chi connectivity index (χ1v) is 4.71. The number of hydrogen-bond donors (Lipinski definition) is 0. The van der Waals surface area contributed by atoms with Crippen LogP contribution in [0, 0.1) is 6.92 Å². The van der Waals surface area contributed by atoms with Crippen molar-refractivity contribution in [3.05, 3.63) is 48.0 Å². The SMILES string of the molecule is Cc1cccc2ccccc12.O=CCl. The molecule has 0 unspecified atom stereocenters. The van der Waals surface area contributed by atoms with Crippen LogP contribution in [0.5, 0.6) is 0 Å². The zero-order valence-electron chi connectivity index (χ0n) is 7.91. The molecule has 0 N–H and O–H groups in total.